The number of hydrogen-bond donors (Lipinski definition) is 2. The Morgan fingerprint density at radius 1 is 1.42 bits per heavy atom. The van der Waals surface area contributed by atoms with E-state index >= 15 is 0 Å². The highest BCUT2D eigenvalue weighted by molar-refractivity contribution is 9.10. The van der Waals surface area contributed by atoms with Gasteiger partial charge in [0.25, 0.3) is 10.0 Å². The van der Waals surface area contributed by atoms with Crippen LogP contribution in [0.5, 0.6) is 0 Å². The van der Waals surface area contributed by atoms with Gasteiger partial charge in [0, 0.05) is 0 Å². The van der Waals surface area contributed by atoms with Gasteiger partial charge in [-0.05, 0) is 35.8 Å². The molecule has 7 nitrogen and oxygen atoms in total. The number of rotatable bonds is 3. The van der Waals surface area contributed by atoms with E-state index < -0.39 is 10.0 Å². The van der Waals surface area contributed by atoms with Gasteiger partial charge in [-0.1, -0.05) is 5.16 Å². The van der Waals surface area contributed by atoms with E-state index in [4.69, 9.17) is 10.3 Å². The molecular weight excluding hydrogens is 336 g/mol. The molecule has 0 atom stereocenters. The summed E-state index contributed by atoms with van der Waals surface area (Å²) in [5.41, 5.74) is 6.25. The van der Waals surface area contributed by atoms with Gasteiger partial charge in [0.05, 0.1) is 16.4 Å². The zero-order chi connectivity index (χ0) is 14.2. The molecular formula is C10H11BrN4O3S. The molecule has 0 saturated carbocycles. The quantitative estimate of drug-likeness (QED) is 0.876. The van der Waals surface area contributed by atoms with Crippen LogP contribution in [-0.2, 0) is 10.0 Å². The molecule has 19 heavy (non-hydrogen) atoms. The van der Waals surface area contributed by atoms with Crippen molar-refractivity contribution in [1.82, 2.24) is 10.1 Å². The second-order valence-corrected chi connectivity index (χ2v) is 6.33. The molecule has 0 radical (unpaired) electrons. The standard InChI is InChI=1S/C10H11BrN4O3S/c1-5-9(6(2)18-14-5)19(16,17)15-10-8(11)3-7(12)4-13-10/h3-4H,12H2,1-2H3,(H,13,15). The zero-order valence-electron chi connectivity index (χ0n) is 10.1. The molecule has 0 saturated heterocycles. The maximum absolute atomic E-state index is 12.2. The Balaban J connectivity index is 2.42. The molecule has 0 spiro atoms. The van der Waals surface area contributed by atoms with Crippen LogP contribution in [-0.4, -0.2) is 18.6 Å². The Morgan fingerprint density at radius 2 is 2.11 bits per heavy atom. The normalized spacial score (nSPS) is 11.5. The van der Waals surface area contributed by atoms with E-state index in [2.05, 4.69) is 30.8 Å². The van der Waals surface area contributed by atoms with Crippen LogP contribution in [0.4, 0.5) is 11.5 Å². The molecule has 9 heteroatoms. The number of pyridine rings is 1. The summed E-state index contributed by atoms with van der Waals surface area (Å²) in [5, 5.41) is 3.61. The Hall–Kier alpha value is -1.61. The van der Waals surface area contributed by atoms with Gasteiger partial charge in [-0.25, -0.2) is 13.4 Å². The van der Waals surface area contributed by atoms with E-state index in [0.717, 1.165) is 0 Å². The third-order valence-electron chi connectivity index (χ3n) is 2.33. The first-order valence-electron chi connectivity index (χ1n) is 5.18. The molecule has 0 fully saturated rings. The van der Waals surface area contributed by atoms with Gasteiger partial charge < -0.3 is 10.3 Å². The first kappa shape index (κ1) is 13.8. The summed E-state index contributed by atoms with van der Waals surface area (Å²) < 4.78 is 32.1. The number of anilines is 2. The predicted molar refractivity (Wildman–Crippen MR) is 73.1 cm³/mol. The average molecular weight is 347 g/mol. The van der Waals surface area contributed by atoms with E-state index in [1.165, 1.54) is 13.1 Å². The molecule has 102 valence electrons. The summed E-state index contributed by atoms with van der Waals surface area (Å²) in [6.07, 6.45) is 1.36. The Labute approximate surface area is 118 Å². The maximum atomic E-state index is 12.2. The number of sulfonamides is 1. The van der Waals surface area contributed by atoms with Crippen LogP contribution in [0.25, 0.3) is 0 Å². The number of aromatic nitrogens is 2. The Morgan fingerprint density at radius 3 is 2.63 bits per heavy atom. The maximum Gasteiger partial charge on any atom is 0.268 e. The van der Waals surface area contributed by atoms with Crippen LogP contribution >= 0.6 is 15.9 Å². The number of halogens is 1. The first-order valence-corrected chi connectivity index (χ1v) is 7.45. The molecule has 0 aliphatic carbocycles. The van der Waals surface area contributed by atoms with Crippen LogP contribution in [0, 0.1) is 13.8 Å². The van der Waals surface area contributed by atoms with Crippen molar-refractivity contribution in [3.8, 4) is 0 Å². The van der Waals surface area contributed by atoms with Gasteiger partial charge >= 0.3 is 0 Å². The van der Waals surface area contributed by atoms with E-state index in [1.54, 1.807) is 13.0 Å². The minimum Gasteiger partial charge on any atom is -0.397 e. The first-order chi connectivity index (χ1) is 8.81. The molecule has 0 bridgehead atoms. The van der Waals surface area contributed by atoms with Crippen LogP contribution in [0.2, 0.25) is 0 Å². The lowest BCUT2D eigenvalue weighted by atomic mass is 10.4. The highest BCUT2D eigenvalue weighted by Crippen LogP contribution is 2.26. The highest BCUT2D eigenvalue weighted by Gasteiger charge is 2.25. The summed E-state index contributed by atoms with van der Waals surface area (Å²) in [7, 11) is -3.81. The molecule has 2 aromatic rings. The van der Waals surface area contributed by atoms with Gasteiger partial charge in [-0.2, -0.15) is 0 Å². The number of nitrogens with two attached hydrogens (primary N) is 1. The summed E-state index contributed by atoms with van der Waals surface area (Å²) in [5.74, 6) is 0.366. The van der Waals surface area contributed by atoms with E-state index in [0.29, 0.717) is 10.2 Å². The molecule has 2 rings (SSSR count). The molecule has 3 N–H and O–H groups in total. The molecule has 2 aromatic heterocycles. The van der Waals surface area contributed by atoms with Crippen LogP contribution < -0.4 is 10.5 Å². The van der Waals surface area contributed by atoms with Crippen molar-refractivity contribution >= 4 is 37.5 Å². The Bertz CT molecular complexity index is 707. The molecule has 0 unspecified atom stereocenters. The largest absolute Gasteiger partial charge is 0.397 e. The lowest BCUT2D eigenvalue weighted by molar-refractivity contribution is 0.390. The fourth-order valence-electron chi connectivity index (χ4n) is 1.56. The van der Waals surface area contributed by atoms with Crippen LogP contribution in [0.3, 0.4) is 0 Å². The smallest absolute Gasteiger partial charge is 0.268 e. The third kappa shape index (κ3) is 2.71. The number of nitrogens with zero attached hydrogens (tertiary/aromatic N) is 2. The van der Waals surface area contributed by atoms with Crippen LogP contribution in [0.1, 0.15) is 11.5 Å². The van der Waals surface area contributed by atoms with Crippen molar-refractivity contribution < 1.29 is 12.9 Å². The van der Waals surface area contributed by atoms with Crippen molar-refractivity contribution in [2.24, 2.45) is 0 Å². The van der Waals surface area contributed by atoms with Crippen molar-refractivity contribution in [3.05, 3.63) is 28.2 Å². The lowest BCUT2D eigenvalue weighted by Gasteiger charge is -2.08. The number of hydrogen-bond acceptors (Lipinski definition) is 6. The molecule has 0 amide bonds. The van der Waals surface area contributed by atoms with E-state index in [9.17, 15) is 8.42 Å². The predicted octanol–water partition coefficient (Wildman–Crippen LogP) is 1.83. The summed E-state index contributed by atoms with van der Waals surface area (Å²) in [6.45, 7) is 3.08. The highest BCUT2D eigenvalue weighted by atomic mass is 79.9. The van der Waals surface area contributed by atoms with Crippen molar-refractivity contribution in [1.29, 1.82) is 0 Å². The lowest BCUT2D eigenvalue weighted by Crippen LogP contribution is -2.15. The second-order valence-electron chi connectivity index (χ2n) is 3.86. The Kier molecular flexibility index (Phi) is 3.50. The topological polar surface area (TPSA) is 111 Å². The minimum absolute atomic E-state index is 0.0121. The van der Waals surface area contributed by atoms with Crippen molar-refractivity contribution in [3.63, 3.8) is 0 Å². The molecule has 0 aromatic carbocycles. The minimum atomic E-state index is -3.81. The van der Waals surface area contributed by atoms with Crippen LogP contribution in [0.15, 0.2) is 26.2 Å². The third-order valence-corrected chi connectivity index (χ3v) is 4.52. The van der Waals surface area contributed by atoms with Crippen molar-refractivity contribution in [2.75, 3.05) is 10.5 Å². The summed E-state index contributed by atoms with van der Waals surface area (Å²) in [6, 6.07) is 1.55. The SMILES string of the molecule is Cc1noc(C)c1S(=O)(=O)Nc1ncc(N)cc1Br. The summed E-state index contributed by atoms with van der Waals surface area (Å²) >= 11 is 3.19. The van der Waals surface area contributed by atoms with Gasteiger partial charge in [-0.15, -0.1) is 0 Å². The van der Waals surface area contributed by atoms with Gasteiger partial charge in [0.15, 0.2) is 16.5 Å². The van der Waals surface area contributed by atoms with E-state index in [1.807, 2.05) is 0 Å². The fourth-order valence-corrected chi connectivity index (χ4v) is 3.52. The number of nitrogen functional groups attached to an aromatic ring is 1. The fraction of sp³-hybridized carbons (Fsp3) is 0.200. The van der Waals surface area contributed by atoms with Crippen molar-refractivity contribution in [2.45, 2.75) is 18.7 Å². The monoisotopic (exact) mass is 346 g/mol. The molecule has 0 aliphatic heterocycles. The van der Waals surface area contributed by atoms with Gasteiger partial charge in [-0.3, -0.25) is 4.72 Å². The number of aryl methyl sites for hydroxylation is 2. The molecule has 2 heterocycles. The second kappa shape index (κ2) is 4.82. The van der Waals surface area contributed by atoms with Gasteiger partial charge in [0.1, 0.15) is 5.69 Å². The molecule has 0 aliphatic rings. The van der Waals surface area contributed by atoms with Gasteiger partial charge in [0.2, 0.25) is 0 Å². The van der Waals surface area contributed by atoms with E-state index in [-0.39, 0.29) is 22.2 Å². The summed E-state index contributed by atoms with van der Waals surface area (Å²) in [4.78, 5) is 3.93. The zero-order valence-corrected chi connectivity index (χ0v) is 12.5. The average Bonchev–Trinajstić information content (AvgIpc) is 2.63. The number of nitrogens with one attached hydrogen (secondary N) is 1.